The minimum Gasteiger partial charge on any atom is -0.462 e. The first-order valence-corrected chi connectivity index (χ1v) is 5.76. The number of hydrogen-bond acceptors (Lipinski definition) is 4. The molecule has 0 aromatic rings. The Morgan fingerprint density at radius 3 is 2.73 bits per heavy atom. The maximum absolute atomic E-state index is 11.8. The highest BCUT2D eigenvalue weighted by Crippen LogP contribution is 2.23. The van der Waals surface area contributed by atoms with Gasteiger partial charge in [-0.1, -0.05) is 0 Å². The zero-order valence-corrected chi connectivity index (χ0v) is 9.20. The van der Waals surface area contributed by atoms with Crippen LogP contribution in [0.25, 0.3) is 0 Å². The smallest absolute Gasteiger partial charge is 0.313 e. The van der Waals surface area contributed by atoms with Crippen molar-refractivity contribution in [1.29, 1.82) is 0 Å². The summed E-state index contributed by atoms with van der Waals surface area (Å²) in [4.78, 5) is 11.8. The lowest BCUT2D eigenvalue weighted by molar-refractivity contribution is -0.154. The summed E-state index contributed by atoms with van der Waals surface area (Å²) in [6.07, 6.45) is 4.60. The summed E-state index contributed by atoms with van der Waals surface area (Å²) in [6, 6.07) is 0.124. The van der Waals surface area contributed by atoms with Crippen LogP contribution in [0.1, 0.15) is 25.7 Å². The molecule has 0 aromatic heterocycles. The van der Waals surface area contributed by atoms with Crippen molar-refractivity contribution < 1.29 is 14.3 Å². The minimum absolute atomic E-state index is 0.0845. The van der Waals surface area contributed by atoms with Gasteiger partial charge in [0, 0.05) is 6.04 Å². The second-order valence-electron chi connectivity index (χ2n) is 4.38. The first-order chi connectivity index (χ1) is 7.31. The summed E-state index contributed by atoms with van der Waals surface area (Å²) in [5.74, 6) is -0.200. The van der Waals surface area contributed by atoms with E-state index in [0.717, 1.165) is 12.8 Å². The van der Waals surface area contributed by atoms with Gasteiger partial charge in [-0.15, -0.1) is 0 Å². The van der Waals surface area contributed by atoms with Crippen LogP contribution in [0.15, 0.2) is 0 Å². The lowest BCUT2D eigenvalue weighted by Gasteiger charge is -2.18. The van der Waals surface area contributed by atoms with Gasteiger partial charge in [0.05, 0.1) is 19.1 Å². The number of esters is 1. The molecule has 1 aliphatic heterocycles. The Bertz CT molecular complexity index is 226. The van der Waals surface area contributed by atoms with Crippen LogP contribution in [0.2, 0.25) is 0 Å². The molecule has 0 amide bonds. The van der Waals surface area contributed by atoms with E-state index in [-0.39, 0.29) is 24.0 Å². The second kappa shape index (κ2) is 4.94. The fourth-order valence-corrected chi connectivity index (χ4v) is 2.33. The fourth-order valence-electron chi connectivity index (χ4n) is 2.33. The molecule has 2 atom stereocenters. The molecule has 0 aromatic carbocycles. The summed E-state index contributed by atoms with van der Waals surface area (Å²) in [7, 11) is 1.86. The van der Waals surface area contributed by atoms with Crippen molar-refractivity contribution >= 4 is 5.97 Å². The predicted molar refractivity (Wildman–Crippen MR) is 55.5 cm³/mol. The summed E-state index contributed by atoms with van der Waals surface area (Å²) in [5.41, 5.74) is 0. The third-order valence-corrected chi connectivity index (χ3v) is 3.34. The molecule has 2 aliphatic rings. The van der Waals surface area contributed by atoms with Crippen LogP contribution in [0.4, 0.5) is 0 Å². The van der Waals surface area contributed by atoms with Crippen molar-refractivity contribution in [2.75, 3.05) is 20.3 Å². The third kappa shape index (κ3) is 2.49. The highest BCUT2D eigenvalue weighted by Gasteiger charge is 2.35. The Kier molecular flexibility index (Phi) is 3.59. The lowest BCUT2D eigenvalue weighted by Crippen LogP contribution is -2.38. The molecule has 1 saturated carbocycles. The molecule has 4 nitrogen and oxygen atoms in total. The van der Waals surface area contributed by atoms with E-state index in [2.05, 4.69) is 5.32 Å². The standard InChI is InChI=1S/C11H19NO3/c1-12-10-7-14-6-9(10)11(13)15-8-4-2-3-5-8/h8-10,12H,2-7H2,1H3. The van der Waals surface area contributed by atoms with Crippen LogP contribution >= 0.6 is 0 Å². The highest BCUT2D eigenvalue weighted by molar-refractivity contribution is 5.74. The van der Waals surface area contributed by atoms with Crippen molar-refractivity contribution in [3.05, 3.63) is 0 Å². The van der Waals surface area contributed by atoms with E-state index in [1.165, 1.54) is 12.8 Å². The van der Waals surface area contributed by atoms with Crippen LogP contribution < -0.4 is 5.32 Å². The normalized spacial score (nSPS) is 32.1. The van der Waals surface area contributed by atoms with E-state index in [1.54, 1.807) is 0 Å². The number of rotatable bonds is 3. The topological polar surface area (TPSA) is 47.6 Å². The second-order valence-corrected chi connectivity index (χ2v) is 4.38. The van der Waals surface area contributed by atoms with Gasteiger partial charge in [0.2, 0.25) is 0 Å². The number of likely N-dealkylation sites (N-methyl/N-ethyl adjacent to an activating group) is 1. The third-order valence-electron chi connectivity index (χ3n) is 3.34. The molecule has 1 aliphatic carbocycles. The molecule has 0 bridgehead atoms. The van der Waals surface area contributed by atoms with Crippen LogP contribution in [-0.4, -0.2) is 38.4 Å². The minimum atomic E-state index is -0.115. The fraction of sp³-hybridized carbons (Fsp3) is 0.909. The Labute approximate surface area is 90.3 Å². The first kappa shape index (κ1) is 10.9. The summed E-state index contributed by atoms with van der Waals surface area (Å²) >= 11 is 0. The van der Waals surface area contributed by atoms with Crippen LogP contribution in [-0.2, 0) is 14.3 Å². The van der Waals surface area contributed by atoms with Gasteiger partial charge >= 0.3 is 5.97 Å². The van der Waals surface area contributed by atoms with Crippen LogP contribution in [0.5, 0.6) is 0 Å². The Morgan fingerprint density at radius 1 is 1.33 bits per heavy atom. The van der Waals surface area contributed by atoms with E-state index >= 15 is 0 Å². The van der Waals surface area contributed by atoms with Crippen molar-refractivity contribution in [1.82, 2.24) is 5.32 Å². The van der Waals surface area contributed by atoms with Crippen molar-refractivity contribution in [3.63, 3.8) is 0 Å². The predicted octanol–water partition coefficient (Wildman–Crippen LogP) is 0.707. The number of nitrogens with one attached hydrogen (secondary N) is 1. The van der Waals surface area contributed by atoms with Crippen molar-refractivity contribution in [2.24, 2.45) is 5.92 Å². The Hall–Kier alpha value is -0.610. The molecule has 86 valence electrons. The zero-order valence-electron chi connectivity index (χ0n) is 9.20. The summed E-state index contributed by atoms with van der Waals surface area (Å²) < 4.78 is 10.8. The van der Waals surface area contributed by atoms with Gasteiger partial charge in [-0.3, -0.25) is 4.79 Å². The van der Waals surface area contributed by atoms with Gasteiger partial charge in [-0.25, -0.2) is 0 Å². The lowest BCUT2D eigenvalue weighted by atomic mass is 10.0. The molecule has 4 heteroatoms. The van der Waals surface area contributed by atoms with E-state index < -0.39 is 0 Å². The van der Waals surface area contributed by atoms with Crippen molar-refractivity contribution in [2.45, 2.75) is 37.8 Å². The molecule has 15 heavy (non-hydrogen) atoms. The molecular weight excluding hydrogens is 194 g/mol. The highest BCUT2D eigenvalue weighted by atomic mass is 16.5. The van der Waals surface area contributed by atoms with E-state index in [9.17, 15) is 4.79 Å². The van der Waals surface area contributed by atoms with Crippen LogP contribution in [0.3, 0.4) is 0 Å². The van der Waals surface area contributed by atoms with Gasteiger partial charge in [-0.2, -0.15) is 0 Å². The zero-order chi connectivity index (χ0) is 10.7. The van der Waals surface area contributed by atoms with E-state index in [4.69, 9.17) is 9.47 Å². The molecule has 0 spiro atoms. The van der Waals surface area contributed by atoms with Crippen LogP contribution in [0, 0.1) is 5.92 Å². The number of hydrogen-bond donors (Lipinski definition) is 1. The van der Waals surface area contributed by atoms with Gasteiger partial charge in [-0.05, 0) is 32.7 Å². The molecule has 2 unspecified atom stereocenters. The molecule has 1 heterocycles. The maximum atomic E-state index is 11.8. The van der Waals surface area contributed by atoms with Gasteiger partial charge < -0.3 is 14.8 Å². The summed E-state index contributed by atoms with van der Waals surface area (Å²) in [6.45, 7) is 1.11. The molecule has 2 fully saturated rings. The number of ether oxygens (including phenoxy) is 2. The average molecular weight is 213 g/mol. The monoisotopic (exact) mass is 213 g/mol. The Morgan fingerprint density at radius 2 is 2.07 bits per heavy atom. The van der Waals surface area contributed by atoms with Gasteiger partial charge in [0.1, 0.15) is 6.10 Å². The number of carbonyl (C=O) groups excluding carboxylic acids is 1. The maximum Gasteiger partial charge on any atom is 0.313 e. The van der Waals surface area contributed by atoms with Crippen molar-refractivity contribution in [3.8, 4) is 0 Å². The molecule has 0 radical (unpaired) electrons. The first-order valence-electron chi connectivity index (χ1n) is 5.76. The molecule has 2 rings (SSSR count). The Balaban J connectivity index is 1.83. The quantitative estimate of drug-likeness (QED) is 0.701. The molecular formula is C11H19NO3. The van der Waals surface area contributed by atoms with E-state index in [0.29, 0.717) is 13.2 Å². The SMILES string of the molecule is CNC1COCC1C(=O)OC1CCCC1. The largest absolute Gasteiger partial charge is 0.462 e. The molecule has 1 N–H and O–H groups in total. The summed E-state index contributed by atoms with van der Waals surface area (Å²) in [5, 5.41) is 3.09. The van der Waals surface area contributed by atoms with Gasteiger partial charge in [0.25, 0.3) is 0 Å². The van der Waals surface area contributed by atoms with Gasteiger partial charge in [0.15, 0.2) is 0 Å². The average Bonchev–Trinajstić information content (AvgIpc) is 2.86. The number of carbonyl (C=O) groups is 1. The van der Waals surface area contributed by atoms with E-state index in [1.807, 2.05) is 7.05 Å². The molecule has 1 saturated heterocycles.